The third-order valence-electron chi connectivity index (χ3n) is 4.61. The van der Waals surface area contributed by atoms with E-state index in [-0.39, 0.29) is 11.9 Å². The fourth-order valence-corrected chi connectivity index (χ4v) is 3.86. The van der Waals surface area contributed by atoms with Gasteiger partial charge < -0.3 is 20.3 Å². The van der Waals surface area contributed by atoms with Crippen molar-refractivity contribution in [3.63, 3.8) is 0 Å². The summed E-state index contributed by atoms with van der Waals surface area (Å²) in [6.45, 7) is 3.92. The maximum atomic E-state index is 12.7. The molecule has 2 heterocycles. The minimum absolute atomic E-state index is 0.0140. The van der Waals surface area contributed by atoms with E-state index in [1.165, 1.54) is 0 Å². The average molecular weight is 403 g/mol. The van der Waals surface area contributed by atoms with Crippen LogP contribution in [0.3, 0.4) is 0 Å². The van der Waals surface area contributed by atoms with Crippen molar-refractivity contribution in [1.29, 1.82) is 0 Å². The highest BCUT2D eigenvalue weighted by Gasteiger charge is 2.23. The molecule has 8 heteroatoms. The summed E-state index contributed by atoms with van der Waals surface area (Å²) in [5.41, 5.74) is 1.84. The molecule has 1 aromatic carbocycles. The van der Waals surface area contributed by atoms with Crippen LogP contribution in [-0.4, -0.2) is 74.7 Å². The van der Waals surface area contributed by atoms with E-state index in [0.29, 0.717) is 45.9 Å². The molecule has 1 aliphatic heterocycles. The third-order valence-corrected chi connectivity index (χ3v) is 5.51. The molecule has 150 valence electrons. The molecule has 0 spiro atoms. The number of anilines is 1. The SMILES string of the molecule is COCCNC(=O)CN1CCN(C(=O)Nc2ccccc2-c2cccs2)CC1. The number of methoxy groups -OCH3 is 1. The lowest BCUT2D eigenvalue weighted by Crippen LogP contribution is -2.52. The summed E-state index contributed by atoms with van der Waals surface area (Å²) in [7, 11) is 1.61. The summed E-state index contributed by atoms with van der Waals surface area (Å²) in [6.07, 6.45) is 0. The van der Waals surface area contributed by atoms with Crippen LogP contribution in [0.4, 0.5) is 10.5 Å². The second-order valence-electron chi connectivity index (χ2n) is 6.56. The van der Waals surface area contributed by atoms with Gasteiger partial charge in [0.15, 0.2) is 0 Å². The highest BCUT2D eigenvalue weighted by Crippen LogP contribution is 2.31. The standard InChI is InChI=1S/C20H26N4O3S/c1-27-13-8-21-19(25)15-23-9-11-24(12-10-23)20(26)22-17-6-3-2-5-16(17)18-7-4-14-28-18/h2-7,14H,8-13,15H2,1H3,(H,21,25)(H,22,26). The summed E-state index contributed by atoms with van der Waals surface area (Å²) in [5.74, 6) is -0.0140. The van der Waals surface area contributed by atoms with E-state index in [9.17, 15) is 9.59 Å². The molecule has 2 aromatic rings. The summed E-state index contributed by atoms with van der Waals surface area (Å²) in [4.78, 5) is 29.6. The molecule has 3 amide bonds. The van der Waals surface area contributed by atoms with Crippen molar-refractivity contribution >= 4 is 29.0 Å². The fraction of sp³-hybridized carbons (Fsp3) is 0.400. The molecule has 0 aliphatic carbocycles. The Balaban J connectivity index is 1.49. The van der Waals surface area contributed by atoms with Crippen molar-refractivity contribution in [2.24, 2.45) is 0 Å². The lowest BCUT2D eigenvalue weighted by molar-refractivity contribution is -0.122. The predicted molar refractivity (Wildman–Crippen MR) is 112 cm³/mol. The first-order chi connectivity index (χ1) is 13.7. The maximum absolute atomic E-state index is 12.7. The summed E-state index contributed by atoms with van der Waals surface area (Å²) in [6, 6.07) is 11.8. The Kier molecular flexibility index (Phi) is 7.41. The molecule has 2 N–H and O–H groups in total. The number of thiophene rings is 1. The van der Waals surface area contributed by atoms with Crippen LogP contribution in [0.15, 0.2) is 41.8 Å². The molecule has 1 saturated heterocycles. The zero-order chi connectivity index (χ0) is 19.8. The molecule has 1 aliphatic rings. The molecule has 0 atom stereocenters. The number of nitrogens with one attached hydrogen (secondary N) is 2. The van der Waals surface area contributed by atoms with E-state index < -0.39 is 0 Å². The normalized spacial score (nSPS) is 14.7. The topological polar surface area (TPSA) is 73.9 Å². The first kappa shape index (κ1) is 20.3. The van der Waals surface area contributed by atoms with Crippen molar-refractivity contribution in [1.82, 2.24) is 15.1 Å². The molecule has 0 radical (unpaired) electrons. The minimum Gasteiger partial charge on any atom is -0.383 e. The van der Waals surface area contributed by atoms with Gasteiger partial charge in [-0.25, -0.2) is 4.79 Å². The van der Waals surface area contributed by atoms with Gasteiger partial charge in [-0.3, -0.25) is 9.69 Å². The Hall–Kier alpha value is -2.42. The van der Waals surface area contributed by atoms with Crippen molar-refractivity contribution in [2.45, 2.75) is 0 Å². The number of carbonyl (C=O) groups is 2. The van der Waals surface area contributed by atoms with Crippen LogP contribution in [0.1, 0.15) is 0 Å². The van der Waals surface area contributed by atoms with Crippen molar-refractivity contribution < 1.29 is 14.3 Å². The van der Waals surface area contributed by atoms with E-state index in [2.05, 4.69) is 15.5 Å². The van der Waals surface area contributed by atoms with Crippen molar-refractivity contribution in [3.05, 3.63) is 41.8 Å². The van der Waals surface area contributed by atoms with Gasteiger partial charge in [0, 0.05) is 50.3 Å². The molecule has 1 fully saturated rings. The Morgan fingerprint density at radius 2 is 1.89 bits per heavy atom. The molecule has 0 unspecified atom stereocenters. The Labute approximate surface area is 169 Å². The first-order valence-electron chi connectivity index (χ1n) is 9.34. The van der Waals surface area contributed by atoms with Gasteiger partial charge in [-0.05, 0) is 17.5 Å². The Morgan fingerprint density at radius 3 is 2.61 bits per heavy atom. The third kappa shape index (κ3) is 5.54. The van der Waals surface area contributed by atoms with Gasteiger partial charge in [0.25, 0.3) is 0 Å². The van der Waals surface area contributed by atoms with Gasteiger partial charge in [-0.15, -0.1) is 11.3 Å². The molecule has 28 heavy (non-hydrogen) atoms. The molecule has 7 nitrogen and oxygen atoms in total. The number of rotatable bonds is 7. The number of benzene rings is 1. The second-order valence-corrected chi connectivity index (χ2v) is 7.51. The minimum atomic E-state index is -0.104. The van der Waals surface area contributed by atoms with Gasteiger partial charge in [-0.1, -0.05) is 24.3 Å². The second kappa shape index (κ2) is 10.2. The zero-order valence-electron chi connectivity index (χ0n) is 16.0. The van der Waals surface area contributed by atoms with Crippen LogP contribution >= 0.6 is 11.3 Å². The molecular formula is C20H26N4O3S. The molecule has 1 aromatic heterocycles. The largest absolute Gasteiger partial charge is 0.383 e. The highest BCUT2D eigenvalue weighted by molar-refractivity contribution is 7.13. The summed E-state index contributed by atoms with van der Waals surface area (Å²) in [5, 5.41) is 7.89. The van der Waals surface area contributed by atoms with Crippen LogP contribution in [0.25, 0.3) is 10.4 Å². The number of carbonyl (C=O) groups excluding carboxylic acids is 2. The first-order valence-corrected chi connectivity index (χ1v) is 10.2. The predicted octanol–water partition coefficient (Wildman–Crippen LogP) is 2.33. The number of amides is 3. The van der Waals surface area contributed by atoms with E-state index in [1.807, 2.05) is 41.8 Å². The van der Waals surface area contributed by atoms with Gasteiger partial charge in [-0.2, -0.15) is 0 Å². The maximum Gasteiger partial charge on any atom is 0.321 e. The van der Waals surface area contributed by atoms with E-state index >= 15 is 0 Å². The Bertz CT molecular complexity index is 774. The monoisotopic (exact) mass is 402 g/mol. The average Bonchev–Trinajstić information content (AvgIpc) is 3.24. The number of urea groups is 1. The molecule has 3 rings (SSSR count). The van der Waals surface area contributed by atoms with Crippen LogP contribution in [0.2, 0.25) is 0 Å². The highest BCUT2D eigenvalue weighted by atomic mass is 32.1. The van der Waals surface area contributed by atoms with E-state index in [4.69, 9.17) is 4.74 Å². The molecular weight excluding hydrogens is 376 g/mol. The van der Waals surface area contributed by atoms with Crippen LogP contribution in [0.5, 0.6) is 0 Å². The number of hydrogen-bond acceptors (Lipinski definition) is 5. The summed E-state index contributed by atoms with van der Waals surface area (Å²) < 4.78 is 4.92. The zero-order valence-corrected chi connectivity index (χ0v) is 16.8. The van der Waals surface area contributed by atoms with E-state index in [1.54, 1.807) is 23.3 Å². The molecule has 0 saturated carbocycles. The number of piperazine rings is 1. The fourth-order valence-electron chi connectivity index (χ4n) is 3.09. The number of ether oxygens (including phenoxy) is 1. The van der Waals surface area contributed by atoms with Gasteiger partial charge in [0.1, 0.15) is 0 Å². The van der Waals surface area contributed by atoms with Crippen LogP contribution in [-0.2, 0) is 9.53 Å². The quantitative estimate of drug-likeness (QED) is 0.697. The van der Waals surface area contributed by atoms with Crippen LogP contribution in [0, 0.1) is 0 Å². The number of hydrogen-bond donors (Lipinski definition) is 2. The number of para-hydroxylation sites is 1. The van der Waals surface area contributed by atoms with Gasteiger partial charge in [0.2, 0.25) is 5.91 Å². The van der Waals surface area contributed by atoms with Crippen LogP contribution < -0.4 is 10.6 Å². The summed E-state index contributed by atoms with van der Waals surface area (Å²) >= 11 is 1.65. The Morgan fingerprint density at radius 1 is 1.11 bits per heavy atom. The smallest absolute Gasteiger partial charge is 0.321 e. The van der Waals surface area contributed by atoms with Gasteiger partial charge >= 0.3 is 6.03 Å². The van der Waals surface area contributed by atoms with Crippen molar-refractivity contribution in [2.75, 3.05) is 58.3 Å². The number of nitrogens with zero attached hydrogens (tertiary/aromatic N) is 2. The lowest BCUT2D eigenvalue weighted by atomic mass is 10.1. The van der Waals surface area contributed by atoms with E-state index in [0.717, 1.165) is 16.1 Å². The lowest BCUT2D eigenvalue weighted by Gasteiger charge is -2.34. The van der Waals surface area contributed by atoms with Gasteiger partial charge in [0.05, 0.1) is 18.8 Å². The molecule has 0 bridgehead atoms. The van der Waals surface area contributed by atoms with Crippen molar-refractivity contribution in [3.8, 4) is 10.4 Å².